The zero-order chi connectivity index (χ0) is 24.9. The van der Waals surface area contributed by atoms with E-state index >= 15 is 0 Å². The molecule has 35 heavy (non-hydrogen) atoms. The lowest BCUT2D eigenvalue weighted by atomic mass is 10.1. The van der Waals surface area contributed by atoms with Gasteiger partial charge in [-0.05, 0) is 42.0 Å². The lowest BCUT2D eigenvalue weighted by Crippen LogP contribution is -2.55. The van der Waals surface area contributed by atoms with Gasteiger partial charge in [-0.2, -0.15) is 24.9 Å². The van der Waals surface area contributed by atoms with E-state index in [-0.39, 0.29) is 5.84 Å². The number of hydrazine groups is 1. The Hall–Kier alpha value is -3.21. The standard InChI is InChI=1S/C25H26F3N5OS/c26-25(27,28)19-10-12-20(13-11-19)31-22-9-5-4-8-21(22)23(29)32-33(30)15-24(16-35-17-24)34-14-18-6-2-1-3-7-18/h1-13,31H,14-17,30H2,(H2,29,32). The molecular weight excluding hydrogens is 475 g/mol. The summed E-state index contributed by atoms with van der Waals surface area (Å²) in [5.74, 6) is 7.96. The van der Waals surface area contributed by atoms with E-state index in [9.17, 15) is 13.2 Å². The first-order valence-electron chi connectivity index (χ1n) is 10.9. The number of nitrogens with two attached hydrogens (primary N) is 2. The van der Waals surface area contributed by atoms with Crippen molar-refractivity contribution in [2.24, 2.45) is 16.7 Å². The fourth-order valence-electron chi connectivity index (χ4n) is 3.60. The minimum Gasteiger partial charge on any atom is -0.382 e. The van der Waals surface area contributed by atoms with Gasteiger partial charge < -0.3 is 15.8 Å². The highest BCUT2D eigenvalue weighted by Crippen LogP contribution is 2.35. The molecule has 1 heterocycles. The van der Waals surface area contributed by atoms with E-state index in [1.165, 1.54) is 17.3 Å². The first kappa shape index (κ1) is 24.9. The maximum Gasteiger partial charge on any atom is 0.416 e. The van der Waals surface area contributed by atoms with Gasteiger partial charge in [0.15, 0.2) is 5.84 Å². The Labute approximate surface area is 206 Å². The summed E-state index contributed by atoms with van der Waals surface area (Å²) in [5.41, 5.74) is 7.87. The molecule has 6 nitrogen and oxygen atoms in total. The minimum absolute atomic E-state index is 0.174. The number of halogens is 3. The highest BCUT2D eigenvalue weighted by atomic mass is 32.2. The molecule has 1 fully saturated rings. The normalized spacial score (nSPS) is 15.4. The quantitative estimate of drug-likeness (QED) is 0.166. The lowest BCUT2D eigenvalue weighted by molar-refractivity contribution is -0.137. The van der Waals surface area contributed by atoms with Crippen molar-refractivity contribution in [1.82, 2.24) is 5.12 Å². The van der Waals surface area contributed by atoms with Crippen LogP contribution in [0.5, 0.6) is 0 Å². The van der Waals surface area contributed by atoms with Crippen LogP contribution in [0.3, 0.4) is 0 Å². The smallest absolute Gasteiger partial charge is 0.382 e. The number of ether oxygens (including phenoxy) is 1. The Bertz CT molecular complexity index is 1150. The van der Waals surface area contributed by atoms with Gasteiger partial charge in [-0.15, -0.1) is 5.10 Å². The Morgan fingerprint density at radius 2 is 1.66 bits per heavy atom. The lowest BCUT2D eigenvalue weighted by Gasteiger charge is -2.42. The van der Waals surface area contributed by atoms with Crippen molar-refractivity contribution in [3.05, 3.63) is 95.6 Å². The topological polar surface area (TPSA) is 88.9 Å². The molecule has 184 valence electrons. The van der Waals surface area contributed by atoms with Gasteiger partial charge in [0, 0.05) is 28.4 Å². The molecule has 0 aromatic heterocycles. The van der Waals surface area contributed by atoms with Crippen LogP contribution in [0.15, 0.2) is 84.0 Å². The zero-order valence-corrected chi connectivity index (χ0v) is 19.6. The maximum atomic E-state index is 12.8. The number of para-hydroxylation sites is 1. The number of thioether (sulfide) groups is 1. The van der Waals surface area contributed by atoms with Gasteiger partial charge in [-0.3, -0.25) is 0 Å². The minimum atomic E-state index is -4.39. The third kappa shape index (κ3) is 6.47. The molecule has 0 bridgehead atoms. The van der Waals surface area contributed by atoms with Gasteiger partial charge in [0.05, 0.1) is 18.7 Å². The summed E-state index contributed by atoms with van der Waals surface area (Å²) in [6, 6.07) is 21.8. The average molecular weight is 502 g/mol. The van der Waals surface area contributed by atoms with Gasteiger partial charge in [-0.25, -0.2) is 11.0 Å². The molecule has 4 rings (SSSR count). The van der Waals surface area contributed by atoms with Gasteiger partial charge >= 0.3 is 6.18 Å². The molecule has 10 heteroatoms. The molecule has 1 saturated heterocycles. The van der Waals surface area contributed by atoms with Crippen LogP contribution in [0.4, 0.5) is 24.5 Å². The first-order chi connectivity index (χ1) is 16.7. The highest BCUT2D eigenvalue weighted by Gasteiger charge is 2.40. The van der Waals surface area contributed by atoms with E-state index in [0.717, 1.165) is 29.2 Å². The summed E-state index contributed by atoms with van der Waals surface area (Å²) < 4.78 is 44.7. The number of alkyl halides is 3. The van der Waals surface area contributed by atoms with Gasteiger partial charge in [-0.1, -0.05) is 42.5 Å². The van der Waals surface area contributed by atoms with Gasteiger partial charge in [0.2, 0.25) is 0 Å². The third-order valence-corrected chi connectivity index (χ3v) is 6.96. The molecule has 0 atom stereocenters. The van der Waals surface area contributed by atoms with Crippen LogP contribution in [0.2, 0.25) is 0 Å². The molecule has 0 saturated carbocycles. The number of hydrogen-bond acceptors (Lipinski definition) is 6. The number of hydrazone groups is 1. The third-order valence-electron chi connectivity index (χ3n) is 5.50. The molecular formula is C25H26F3N5OS. The summed E-state index contributed by atoms with van der Waals surface area (Å²) in [7, 11) is 0. The Balaban J connectivity index is 1.43. The molecule has 3 aromatic carbocycles. The summed E-state index contributed by atoms with van der Waals surface area (Å²) in [4.78, 5) is 0. The monoisotopic (exact) mass is 501 g/mol. The van der Waals surface area contributed by atoms with Crippen molar-refractivity contribution in [3.8, 4) is 0 Å². The van der Waals surface area contributed by atoms with Crippen molar-refractivity contribution in [3.63, 3.8) is 0 Å². The van der Waals surface area contributed by atoms with Crippen LogP contribution in [-0.4, -0.2) is 34.6 Å². The van der Waals surface area contributed by atoms with Crippen LogP contribution in [0, 0.1) is 0 Å². The number of rotatable bonds is 9. The number of nitrogens with one attached hydrogen (secondary N) is 1. The van der Waals surface area contributed by atoms with Crippen molar-refractivity contribution >= 4 is 29.0 Å². The summed E-state index contributed by atoms with van der Waals surface area (Å²) in [5, 5.41) is 8.73. The van der Waals surface area contributed by atoms with Crippen LogP contribution in [-0.2, 0) is 17.5 Å². The SMILES string of the molecule is N/C(=N\N(N)CC1(OCc2ccccc2)CSC1)c1ccccc1Nc1ccc(C(F)(F)F)cc1. The average Bonchev–Trinajstić information content (AvgIpc) is 2.81. The van der Waals surface area contributed by atoms with Crippen molar-refractivity contribution in [1.29, 1.82) is 0 Å². The van der Waals surface area contributed by atoms with E-state index in [1.807, 2.05) is 30.3 Å². The van der Waals surface area contributed by atoms with Crippen LogP contribution in [0.25, 0.3) is 0 Å². The number of amidine groups is 1. The van der Waals surface area contributed by atoms with Crippen LogP contribution >= 0.6 is 11.8 Å². The fourth-order valence-corrected chi connectivity index (χ4v) is 4.61. The van der Waals surface area contributed by atoms with Crippen LogP contribution < -0.4 is 16.9 Å². The van der Waals surface area contributed by atoms with E-state index < -0.39 is 17.3 Å². The van der Waals surface area contributed by atoms with Gasteiger partial charge in [0.1, 0.15) is 5.60 Å². The molecule has 0 spiro atoms. The zero-order valence-electron chi connectivity index (χ0n) is 18.8. The van der Waals surface area contributed by atoms with E-state index in [1.54, 1.807) is 36.0 Å². The van der Waals surface area contributed by atoms with Crippen molar-refractivity contribution < 1.29 is 17.9 Å². The molecule has 0 amide bonds. The molecule has 0 aliphatic carbocycles. The Morgan fingerprint density at radius 3 is 2.29 bits per heavy atom. The molecule has 3 aromatic rings. The number of hydrogen-bond donors (Lipinski definition) is 3. The summed E-state index contributed by atoms with van der Waals surface area (Å²) in [6.07, 6.45) is -4.39. The number of nitrogens with zero attached hydrogens (tertiary/aromatic N) is 2. The van der Waals surface area contributed by atoms with Crippen LogP contribution in [0.1, 0.15) is 16.7 Å². The molecule has 0 unspecified atom stereocenters. The second-order valence-electron chi connectivity index (χ2n) is 8.28. The van der Waals surface area contributed by atoms with E-state index in [2.05, 4.69) is 10.4 Å². The van der Waals surface area contributed by atoms with E-state index in [0.29, 0.717) is 30.1 Å². The Kier molecular flexibility index (Phi) is 7.54. The second kappa shape index (κ2) is 10.6. The first-order valence-corrected chi connectivity index (χ1v) is 12.1. The van der Waals surface area contributed by atoms with Gasteiger partial charge in [0.25, 0.3) is 0 Å². The maximum absolute atomic E-state index is 12.8. The van der Waals surface area contributed by atoms with E-state index in [4.69, 9.17) is 16.3 Å². The largest absolute Gasteiger partial charge is 0.416 e. The number of anilines is 2. The molecule has 1 aliphatic rings. The highest BCUT2D eigenvalue weighted by molar-refractivity contribution is 8.00. The summed E-state index contributed by atoms with van der Waals surface area (Å²) in [6.45, 7) is 0.844. The molecule has 5 N–H and O–H groups in total. The van der Waals surface area contributed by atoms with Crippen molar-refractivity contribution in [2.75, 3.05) is 23.4 Å². The molecule has 1 aliphatic heterocycles. The predicted octanol–water partition coefficient (Wildman–Crippen LogP) is 4.95. The summed E-state index contributed by atoms with van der Waals surface area (Å²) >= 11 is 1.78. The number of benzene rings is 3. The van der Waals surface area contributed by atoms with Crippen molar-refractivity contribution in [2.45, 2.75) is 18.4 Å². The predicted molar refractivity (Wildman–Crippen MR) is 134 cm³/mol. The second-order valence-corrected chi connectivity index (χ2v) is 9.26. The Morgan fingerprint density at radius 1 is 1.00 bits per heavy atom. The fraction of sp³-hybridized carbons (Fsp3) is 0.240. The molecule has 0 radical (unpaired) electrons.